The molecular formula is C21H24N2O4. The van der Waals surface area contributed by atoms with E-state index in [-0.39, 0.29) is 18.9 Å². The fraction of sp³-hybridized carbons (Fsp3) is 0.286. The van der Waals surface area contributed by atoms with Crippen LogP contribution < -0.4 is 10.2 Å². The van der Waals surface area contributed by atoms with Crippen LogP contribution in [0.2, 0.25) is 0 Å². The Kier molecular flexibility index (Phi) is 7.55. The van der Waals surface area contributed by atoms with Gasteiger partial charge in [-0.2, -0.15) is 5.10 Å². The fourth-order valence-corrected chi connectivity index (χ4v) is 2.38. The van der Waals surface area contributed by atoms with Gasteiger partial charge in [0.1, 0.15) is 5.75 Å². The maximum Gasteiger partial charge on any atom is 0.344 e. The molecule has 1 amide bonds. The van der Waals surface area contributed by atoms with Crippen molar-refractivity contribution in [2.75, 3.05) is 13.2 Å². The van der Waals surface area contributed by atoms with Crippen LogP contribution in [-0.4, -0.2) is 31.3 Å². The van der Waals surface area contributed by atoms with Gasteiger partial charge < -0.3 is 9.47 Å². The summed E-state index contributed by atoms with van der Waals surface area (Å²) in [5, 5.41) is 3.98. The first kappa shape index (κ1) is 20.2. The highest BCUT2D eigenvalue weighted by molar-refractivity contribution is 5.83. The first-order chi connectivity index (χ1) is 13.0. The number of nitrogens with zero attached hydrogens (tertiary/aromatic N) is 1. The van der Waals surface area contributed by atoms with Gasteiger partial charge in [-0.15, -0.1) is 0 Å². The average molecular weight is 368 g/mol. The molecule has 6 heteroatoms. The number of ether oxygens (including phenoxy) is 2. The number of nitrogens with one attached hydrogen (secondary N) is 1. The van der Waals surface area contributed by atoms with E-state index in [0.717, 1.165) is 22.3 Å². The van der Waals surface area contributed by atoms with Crippen LogP contribution in [0.1, 0.15) is 29.2 Å². The van der Waals surface area contributed by atoms with E-state index in [1.807, 2.05) is 32.0 Å². The number of benzene rings is 2. The Morgan fingerprint density at radius 1 is 1.11 bits per heavy atom. The van der Waals surface area contributed by atoms with Crippen LogP contribution in [0, 0.1) is 13.8 Å². The molecule has 0 aliphatic carbocycles. The van der Waals surface area contributed by atoms with E-state index in [0.29, 0.717) is 12.4 Å². The molecule has 0 atom stereocenters. The zero-order chi connectivity index (χ0) is 19.6. The van der Waals surface area contributed by atoms with Crippen molar-refractivity contribution in [2.45, 2.75) is 27.2 Å². The summed E-state index contributed by atoms with van der Waals surface area (Å²) >= 11 is 0. The SMILES string of the molecule is CCOC(=O)COc1ccc(/C=N/NC(=O)Cc2cc(C)ccc2C)cc1. The van der Waals surface area contributed by atoms with Crippen LogP contribution in [0.25, 0.3) is 0 Å². The molecule has 0 radical (unpaired) electrons. The first-order valence-electron chi connectivity index (χ1n) is 8.74. The number of hydrogen-bond acceptors (Lipinski definition) is 5. The Morgan fingerprint density at radius 2 is 1.85 bits per heavy atom. The summed E-state index contributed by atoms with van der Waals surface area (Å²) in [6, 6.07) is 13.0. The number of hydrogen-bond donors (Lipinski definition) is 1. The third-order valence-electron chi connectivity index (χ3n) is 3.80. The van der Waals surface area contributed by atoms with Gasteiger partial charge in [-0.3, -0.25) is 4.79 Å². The Balaban J connectivity index is 1.82. The molecule has 2 aromatic carbocycles. The quantitative estimate of drug-likeness (QED) is 0.441. The van der Waals surface area contributed by atoms with Gasteiger partial charge in [-0.05, 0) is 61.7 Å². The van der Waals surface area contributed by atoms with Gasteiger partial charge in [0.15, 0.2) is 6.61 Å². The van der Waals surface area contributed by atoms with Crippen molar-refractivity contribution in [1.29, 1.82) is 0 Å². The molecule has 0 bridgehead atoms. The lowest BCUT2D eigenvalue weighted by Crippen LogP contribution is -2.20. The third kappa shape index (κ3) is 6.93. The van der Waals surface area contributed by atoms with Gasteiger partial charge in [0.25, 0.3) is 0 Å². The minimum Gasteiger partial charge on any atom is -0.482 e. The summed E-state index contributed by atoms with van der Waals surface area (Å²) in [7, 11) is 0. The Bertz CT molecular complexity index is 813. The Morgan fingerprint density at radius 3 is 2.56 bits per heavy atom. The van der Waals surface area contributed by atoms with Gasteiger partial charge >= 0.3 is 5.97 Å². The number of rotatable bonds is 8. The van der Waals surface area contributed by atoms with Crippen LogP contribution >= 0.6 is 0 Å². The van der Waals surface area contributed by atoms with Gasteiger partial charge in [0.05, 0.1) is 19.2 Å². The molecule has 142 valence electrons. The van der Waals surface area contributed by atoms with Crippen LogP contribution in [0.15, 0.2) is 47.6 Å². The molecule has 0 spiro atoms. The number of aryl methyl sites for hydroxylation is 2. The summed E-state index contributed by atoms with van der Waals surface area (Å²) in [5.41, 5.74) is 6.53. The van der Waals surface area contributed by atoms with Crippen molar-refractivity contribution in [3.05, 3.63) is 64.7 Å². The van der Waals surface area contributed by atoms with E-state index < -0.39 is 5.97 Å². The highest BCUT2D eigenvalue weighted by atomic mass is 16.6. The number of carbonyl (C=O) groups is 2. The second-order valence-electron chi connectivity index (χ2n) is 6.06. The van der Waals surface area contributed by atoms with Crippen LogP contribution in [0.4, 0.5) is 0 Å². The topological polar surface area (TPSA) is 77.0 Å². The number of carbonyl (C=O) groups excluding carboxylic acids is 2. The minimum atomic E-state index is -0.408. The Hall–Kier alpha value is -3.15. The first-order valence-corrected chi connectivity index (χ1v) is 8.74. The molecule has 1 N–H and O–H groups in total. The van der Waals surface area contributed by atoms with E-state index in [1.54, 1.807) is 37.4 Å². The fourth-order valence-electron chi connectivity index (χ4n) is 2.38. The lowest BCUT2D eigenvalue weighted by molar-refractivity contribution is -0.145. The zero-order valence-electron chi connectivity index (χ0n) is 15.8. The average Bonchev–Trinajstić information content (AvgIpc) is 2.64. The summed E-state index contributed by atoms with van der Waals surface area (Å²) in [4.78, 5) is 23.3. The van der Waals surface area contributed by atoms with Crippen molar-refractivity contribution in [3.8, 4) is 5.75 Å². The summed E-state index contributed by atoms with van der Waals surface area (Å²) in [5.74, 6) is -0.0248. The molecule has 0 aromatic heterocycles. The second kappa shape index (κ2) is 10.1. The molecule has 2 rings (SSSR count). The number of hydrazone groups is 1. The summed E-state index contributed by atoms with van der Waals surface area (Å²) in [6.45, 7) is 5.92. The molecule has 27 heavy (non-hydrogen) atoms. The highest BCUT2D eigenvalue weighted by Crippen LogP contribution is 2.12. The van der Waals surface area contributed by atoms with Gasteiger partial charge in [-0.1, -0.05) is 23.8 Å². The largest absolute Gasteiger partial charge is 0.482 e. The smallest absolute Gasteiger partial charge is 0.344 e. The molecule has 0 heterocycles. The normalized spacial score (nSPS) is 10.6. The maximum absolute atomic E-state index is 12.0. The second-order valence-corrected chi connectivity index (χ2v) is 6.06. The summed E-state index contributed by atoms with van der Waals surface area (Å²) in [6.07, 6.45) is 1.83. The molecule has 0 fully saturated rings. The monoisotopic (exact) mass is 368 g/mol. The third-order valence-corrected chi connectivity index (χ3v) is 3.80. The molecular weight excluding hydrogens is 344 g/mol. The van der Waals surface area contributed by atoms with Gasteiger partial charge in [-0.25, -0.2) is 10.2 Å². The standard InChI is InChI=1S/C21H24N2O4/c1-4-26-21(25)14-27-19-9-7-17(8-10-19)13-22-23-20(24)12-18-11-15(2)5-6-16(18)3/h5-11,13H,4,12,14H2,1-3H3,(H,23,24)/b22-13+. The number of amides is 1. The maximum atomic E-state index is 12.0. The molecule has 2 aromatic rings. The molecule has 0 saturated carbocycles. The van der Waals surface area contributed by atoms with Crippen LogP contribution in [0.3, 0.4) is 0 Å². The van der Waals surface area contributed by atoms with E-state index in [2.05, 4.69) is 10.5 Å². The van der Waals surface area contributed by atoms with Crippen molar-refractivity contribution < 1.29 is 19.1 Å². The zero-order valence-corrected chi connectivity index (χ0v) is 15.8. The lowest BCUT2D eigenvalue weighted by atomic mass is 10.0. The van der Waals surface area contributed by atoms with Crippen LogP contribution in [0.5, 0.6) is 5.75 Å². The summed E-state index contributed by atoms with van der Waals surface area (Å²) < 4.78 is 10.1. The predicted octanol–water partition coefficient (Wildman–Crippen LogP) is 2.94. The van der Waals surface area contributed by atoms with Crippen molar-refractivity contribution in [3.63, 3.8) is 0 Å². The van der Waals surface area contributed by atoms with E-state index >= 15 is 0 Å². The molecule has 0 unspecified atom stereocenters. The highest BCUT2D eigenvalue weighted by Gasteiger charge is 2.05. The predicted molar refractivity (Wildman–Crippen MR) is 104 cm³/mol. The van der Waals surface area contributed by atoms with Gasteiger partial charge in [0, 0.05) is 0 Å². The molecule has 6 nitrogen and oxygen atoms in total. The van der Waals surface area contributed by atoms with E-state index in [4.69, 9.17) is 9.47 Å². The lowest BCUT2D eigenvalue weighted by Gasteiger charge is -2.06. The molecule has 0 aliphatic heterocycles. The molecule has 0 aliphatic rings. The molecule has 0 saturated heterocycles. The van der Waals surface area contributed by atoms with Crippen molar-refractivity contribution in [2.24, 2.45) is 5.10 Å². The van der Waals surface area contributed by atoms with E-state index in [9.17, 15) is 9.59 Å². The number of esters is 1. The van der Waals surface area contributed by atoms with Gasteiger partial charge in [0.2, 0.25) is 5.91 Å². The van der Waals surface area contributed by atoms with E-state index in [1.165, 1.54) is 0 Å². The van der Waals surface area contributed by atoms with Crippen molar-refractivity contribution in [1.82, 2.24) is 5.43 Å². The van der Waals surface area contributed by atoms with Crippen molar-refractivity contribution >= 4 is 18.1 Å². The van der Waals surface area contributed by atoms with Crippen LogP contribution in [-0.2, 0) is 20.7 Å². The minimum absolute atomic E-state index is 0.129. The Labute approximate surface area is 159 Å².